The molecule has 1 N–H and O–H groups in total. The number of ether oxygens (including phenoxy) is 4. The van der Waals surface area contributed by atoms with Gasteiger partial charge in [-0.3, -0.25) is 19.9 Å². The summed E-state index contributed by atoms with van der Waals surface area (Å²) < 4.78 is 21.7. The summed E-state index contributed by atoms with van der Waals surface area (Å²) in [5, 5.41) is 3.33. The van der Waals surface area contributed by atoms with Crippen molar-refractivity contribution in [2.75, 3.05) is 85.5 Å². The van der Waals surface area contributed by atoms with Crippen LogP contribution in [0.2, 0.25) is 0 Å². The zero-order valence-corrected chi connectivity index (χ0v) is 64.8. The van der Waals surface area contributed by atoms with Crippen LogP contribution in [-0.4, -0.2) is 127 Å². The average Bonchev–Trinajstić information content (AvgIpc) is 4.43. The topological polar surface area (TPSA) is 89.3 Å². The van der Waals surface area contributed by atoms with Crippen LogP contribution in [0.4, 0.5) is 0 Å². The van der Waals surface area contributed by atoms with Gasteiger partial charge in [0.2, 0.25) is 0 Å². The molecule has 0 spiro atoms. The number of aliphatic imine (C=N–C) groups is 3. The molecule has 5 atom stereocenters. The van der Waals surface area contributed by atoms with Crippen LogP contribution in [0.1, 0.15) is 311 Å². The van der Waals surface area contributed by atoms with Gasteiger partial charge in [-0.05, 0) is 175 Å². The molecule has 0 aliphatic carbocycles. The van der Waals surface area contributed by atoms with Crippen molar-refractivity contribution in [3.8, 4) is 0 Å². The fourth-order valence-electron chi connectivity index (χ4n) is 9.48. The largest absolute Gasteiger partial charge is 0.381 e. The molecule has 9 nitrogen and oxygen atoms in total. The highest BCUT2D eigenvalue weighted by atomic mass is 16.5. The van der Waals surface area contributed by atoms with Crippen molar-refractivity contribution in [3.05, 3.63) is 0 Å². The van der Waals surface area contributed by atoms with Crippen LogP contribution < -0.4 is 5.32 Å². The average molecular weight is 1220 g/mol. The van der Waals surface area contributed by atoms with E-state index < -0.39 is 0 Å². The van der Waals surface area contributed by atoms with E-state index in [9.17, 15) is 0 Å². The number of rotatable bonds is 8. The summed E-state index contributed by atoms with van der Waals surface area (Å²) in [6.07, 6.45) is 23.3. The SMILES string of the molecule is CC.CC.CC.CC.CC.CC.CC.CC.CC(C)C1=NCCC1.CC(C)C1C=NCC1.CC(C)C1CC=NC1.CC(C)C1CCCCO1.CC(C)C1CCCCO1.CC(C)C1CCCOC1.CC(C)C1CCOCC1.CC(C)N1CCNCC1. The summed E-state index contributed by atoms with van der Waals surface area (Å²) in [6, 6.07) is 0.729. The Kier molecular flexibility index (Phi) is 92.7. The second-order valence-corrected chi connectivity index (χ2v) is 23.8. The van der Waals surface area contributed by atoms with Crippen LogP contribution in [0.3, 0.4) is 0 Å². The maximum atomic E-state index is 5.54. The Morgan fingerprint density at radius 2 is 0.906 bits per heavy atom. The van der Waals surface area contributed by atoms with Gasteiger partial charge in [-0.25, -0.2) is 0 Å². The third kappa shape index (κ3) is 64.1. The lowest BCUT2D eigenvalue weighted by atomic mass is 9.89. The van der Waals surface area contributed by atoms with E-state index in [0.717, 1.165) is 126 Å². The number of nitrogens with zero attached hydrogens (tertiary/aromatic N) is 4. The summed E-state index contributed by atoms with van der Waals surface area (Å²) in [7, 11) is 0. The van der Waals surface area contributed by atoms with Gasteiger partial charge >= 0.3 is 0 Å². The molecule has 8 heterocycles. The van der Waals surface area contributed by atoms with Gasteiger partial charge in [-0.15, -0.1) is 0 Å². The maximum absolute atomic E-state index is 5.54. The minimum atomic E-state index is 0.554. The first-order valence-electron chi connectivity index (χ1n) is 37.3. The van der Waals surface area contributed by atoms with E-state index in [1.54, 1.807) is 0 Å². The summed E-state index contributed by atoms with van der Waals surface area (Å²) in [5.74, 6) is 8.77. The molecule has 0 amide bonds. The number of nitrogens with one attached hydrogen (secondary N) is 1. The Balaban J connectivity index is -0.000000128. The maximum Gasteiger partial charge on any atom is 0.0598 e. The second-order valence-electron chi connectivity index (χ2n) is 23.8. The molecule has 0 aromatic carbocycles. The van der Waals surface area contributed by atoms with Gasteiger partial charge < -0.3 is 24.3 Å². The third-order valence-electron chi connectivity index (χ3n) is 15.3. The first-order chi connectivity index (χ1) is 40.9. The van der Waals surface area contributed by atoms with E-state index in [0.29, 0.717) is 30.0 Å². The lowest BCUT2D eigenvalue weighted by Crippen LogP contribution is -2.46. The van der Waals surface area contributed by atoms with Crippen molar-refractivity contribution >= 4 is 18.1 Å². The molecule has 5 fully saturated rings. The second kappa shape index (κ2) is 78.9. The molecule has 0 bridgehead atoms. The van der Waals surface area contributed by atoms with Gasteiger partial charge in [-0.1, -0.05) is 208 Å². The smallest absolute Gasteiger partial charge is 0.0598 e. The zero-order valence-electron chi connectivity index (χ0n) is 64.8. The van der Waals surface area contributed by atoms with Gasteiger partial charge in [-0.2, -0.15) is 0 Å². The minimum Gasteiger partial charge on any atom is -0.381 e. The van der Waals surface area contributed by atoms with Gasteiger partial charge in [0, 0.05) is 103 Å². The predicted molar refractivity (Wildman–Crippen MR) is 393 cm³/mol. The predicted octanol–water partition coefficient (Wildman–Crippen LogP) is 22.4. The molecular formula is C76H167N5O4. The van der Waals surface area contributed by atoms with E-state index in [1.165, 1.54) is 109 Å². The fraction of sp³-hybridized carbons (Fsp3) is 0.961. The van der Waals surface area contributed by atoms with E-state index in [2.05, 4.69) is 142 Å². The van der Waals surface area contributed by atoms with Crippen molar-refractivity contribution in [3.63, 3.8) is 0 Å². The zero-order chi connectivity index (χ0) is 67.4. The number of hydrogen-bond donors (Lipinski definition) is 1. The molecule has 520 valence electrons. The molecule has 8 aliphatic rings. The molecule has 0 aromatic rings. The highest BCUT2D eigenvalue weighted by Gasteiger charge is 2.20. The highest BCUT2D eigenvalue weighted by molar-refractivity contribution is 5.87. The van der Waals surface area contributed by atoms with E-state index in [1.807, 2.05) is 117 Å². The Bertz CT molecular complexity index is 1100. The fourth-order valence-corrected chi connectivity index (χ4v) is 9.48. The highest BCUT2D eigenvalue weighted by Crippen LogP contribution is 2.24. The molecule has 0 radical (unpaired) electrons. The Labute approximate surface area is 540 Å². The minimum absolute atomic E-state index is 0.554. The number of piperazine rings is 1. The van der Waals surface area contributed by atoms with Crippen molar-refractivity contribution in [2.24, 2.45) is 80.1 Å². The molecule has 8 rings (SSSR count). The van der Waals surface area contributed by atoms with E-state index in [4.69, 9.17) is 18.9 Å². The van der Waals surface area contributed by atoms with Crippen LogP contribution in [0, 0.1) is 65.1 Å². The Morgan fingerprint density at radius 1 is 0.435 bits per heavy atom. The van der Waals surface area contributed by atoms with Crippen LogP contribution in [0.25, 0.3) is 0 Å². The van der Waals surface area contributed by atoms with Gasteiger partial charge in [0.1, 0.15) is 0 Å². The number of hydrogen-bond acceptors (Lipinski definition) is 9. The Morgan fingerprint density at radius 3 is 1.12 bits per heavy atom. The van der Waals surface area contributed by atoms with Crippen molar-refractivity contribution in [1.82, 2.24) is 10.2 Å². The molecule has 8 aliphatic heterocycles. The van der Waals surface area contributed by atoms with E-state index in [-0.39, 0.29) is 0 Å². The van der Waals surface area contributed by atoms with Crippen molar-refractivity contribution < 1.29 is 18.9 Å². The molecule has 5 saturated heterocycles. The summed E-state index contributed by atoms with van der Waals surface area (Å²) >= 11 is 0. The molecule has 5 unspecified atom stereocenters. The first kappa shape index (κ1) is 100.0. The molecule has 0 aromatic heterocycles. The molecule has 85 heavy (non-hydrogen) atoms. The molecular weight excluding hydrogens is 1050 g/mol. The van der Waals surface area contributed by atoms with Crippen LogP contribution >= 0.6 is 0 Å². The quantitative estimate of drug-likeness (QED) is 0.260. The lowest BCUT2D eigenvalue weighted by molar-refractivity contribution is -0.0116. The monoisotopic (exact) mass is 1210 g/mol. The molecule has 9 heteroatoms. The summed E-state index contributed by atoms with van der Waals surface area (Å²) in [5.41, 5.74) is 1.42. The van der Waals surface area contributed by atoms with Gasteiger partial charge in [0.15, 0.2) is 0 Å². The Hall–Kier alpha value is -1.23. The van der Waals surface area contributed by atoms with Crippen molar-refractivity contribution in [2.45, 2.75) is 330 Å². The normalized spacial score (nSPS) is 21.7. The van der Waals surface area contributed by atoms with Crippen LogP contribution in [-0.2, 0) is 18.9 Å². The van der Waals surface area contributed by atoms with Gasteiger partial charge in [0.25, 0.3) is 0 Å². The van der Waals surface area contributed by atoms with Crippen molar-refractivity contribution in [1.29, 1.82) is 0 Å². The molecule has 0 saturated carbocycles. The first-order valence-corrected chi connectivity index (χ1v) is 37.3. The van der Waals surface area contributed by atoms with Gasteiger partial charge in [0.05, 0.1) is 12.2 Å². The summed E-state index contributed by atoms with van der Waals surface area (Å²) in [6.45, 7) is 82.0. The lowest BCUT2D eigenvalue weighted by Gasteiger charge is -2.30. The van der Waals surface area contributed by atoms with Crippen LogP contribution in [0.5, 0.6) is 0 Å². The van der Waals surface area contributed by atoms with Crippen LogP contribution in [0.15, 0.2) is 15.0 Å². The third-order valence-corrected chi connectivity index (χ3v) is 15.3. The standard InChI is InChI=1S/4C8H16O.C7H16N2.3C7H13N.8C2H6/c1-7(2)8-3-5-9-6-4-8;1-7(2)8-4-3-5-9-6-8;2*1-7(2)8-5-3-4-6-9-8;1-7(2)9-5-3-8-4-6-9;2*1-6(2)7-3-4-8-5-7;1-6(2)7-4-3-5-8-7;8*1-2/h5*7-8H,3-6H2,1-2H3;5-7H,3-4H2,1-2H3;4,6-7H,3,5H2,1-2H3;6H,3-5H2,1-2H3;8*1-2H3. The summed E-state index contributed by atoms with van der Waals surface area (Å²) in [4.78, 5) is 15.2. The van der Waals surface area contributed by atoms with E-state index >= 15 is 0 Å².